The molecule has 27 heavy (non-hydrogen) atoms. The number of hydrogen-bond donors (Lipinski definition) is 0. The molecule has 3 heterocycles. The topological polar surface area (TPSA) is 29.6 Å². The number of aromatic nitrogens is 6. The Kier molecular flexibility index (Phi) is 7.51. The fraction of sp³-hybridized carbons (Fsp3) is 0.400. The first-order valence-electron chi connectivity index (χ1n) is 8.11. The molecule has 0 unspecified atom stereocenters. The van der Waals surface area contributed by atoms with Crippen LogP contribution in [0.2, 0.25) is 6.04 Å². The molecule has 148 valence electrons. The van der Waals surface area contributed by atoms with Gasteiger partial charge in [-0.2, -0.15) is 0 Å². The van der Waals surface area contributed by atoms with Gasteiger partial charge in [-0.1, -0.05) is 6.92 Å². The van der Waals surface area contributed by atoms with Crippen LogP contribution in [0.1, 0.15) is 6.92 Å². The maximum atomic E-state index is 5.69. The molecule has 0 fully saturated rings. The summed E-state index contributed by atoms with van der Waals surface area (Å²) in [6.07, 6.45) is 12.1. The second-order valence-corrected chi connectivity index (χ2v) is 11.5. The van der Waals surface area contributed by atoms with Gasteiger partial charge in [0.25, 0.3) is 0 Å². The standard InChI is InChI=1S/C14H20N6S3Si.CH2Cl2/c1-5-24(18-9-6-15(2)12(18)21,19-10-7-16(3)13(19)22)20-11-8-17(4)14(20)23;2-1-3/h6-11H,5H2,1-4H3;1H2. The average molecular weight is 482 g/mol. The molecule has 3 rings (SSSR count). The van der Waals surface area contributed by atoms with Crippen LogP contribution in [-0.2, 0) is 21.1 Å². The molecular weight excluding hydrogens is 459 g/mol. The first kappa shape index (κ1) is 22.4. The van der Waals surface area contributed by atoms with Gasteiger partial charge in [0.1, 0.15) is 0 Å². The van der Waals surface area contributed by atoms with Gasteiger partial charge in [0.2, 0.25) is 0 Å². The van der Waals surface area contributed by atoms with Gasteiger partial charge >= 0.3 is 8.56 Å². The zero-order valence-corrected chi connectivity index (χ0v) is 20.5. The second-order valence-electron chi connectivity index (χ2n) is 5.91. The van der Waals surface area contributed by atoms with Crippen molar-refractivity contribution < 1.29 is 0 Å². The van der Waals surface area contributed by atoms with E-state index >= 15 is 0 Å². The Hall–Kier alpha value is -0.913. The number of imidazole rings is 3. The molecule has 3 aromatic rings. The Morgan fingerprint density at radius 1 is 0.704 bits per heavy atom. The molecule has 0 bridgehead atoms. The Balaban J connectivity index is 0.000000817. The van der Waals surface area contributed by atoms with Gasteiger partial charge in [0, 0.05) is 58.3 Å². The smallest absolute Gasteiger partial charge is 0.327 e. The highest BCUT2D eigenvalue weighted by atomic mass is 35.5. The minimum Gasteiger partial charge on any atom is -0.327 e. The molecule has 6 nitrogen and oxygen atoms in total. The summed E-state index contributed by atoms with van der Waals surface area (Å²) in [5.74, 6) is 0. The zero-order valence-electron chi connectivity index (χ0n) is 15.5. The van der Waals surface area contributed by atoms with Gasteiger partial charge in [0.15, 0.2) is 14.3 Å². The molecule has 0 saturated carbocycles. The summed E-state index contributed by atoms with van der Waals surface area (Å²) in [5, 5.41) is 0.194. The second kappa shape index (κ2) is 9.06. The number of alkyl halides is 2. The first-order chi connectivity index (χ1) is 12.8. The quantitative estimate of drug-likeness (QED) is 0.309. The molecule has 0 saturated heterocycles. The Morgan fingerprint density at radius 3 is 1.11 bits per heavy atom. The lowest BCUT2D eigenvalue weighted by molar-refractivity contribution is 0.781. The van der Waals surface area contributed by atoms with Crippen LogP contribution in [0.5, 0.6) is 0 Å². The van der Waals surface area contributed by atoms with Crippen LogP contribution in [-0.4, -0.2) is 40.3 Å². The molecule has 3 aromatic heterocycles. The zero-order chi connectivity index (χ0) is 20.4. The van der Waals surface area contributed by atoms with Crippen LogP contribution in [0, 0.1) is 14.3 Å². The predicted octanol–water partition coefficient (Wildman–Crippen LogP) is 4.62. The fourth-order valence-corrected chi connectivity index (χ4v) is 8.78. The summed E-state index contributed by atoms with van der Waals surface area (Å²) in [4.78, 5) is 0. The summed E-state index contributed by atoms with van der Waals surface area (Å²) in [6, 6.07) is 0.863. The van der Waals surface area contributed by atoms with Crippen LogP contribution in [0.4, 0.5) is 0 Å². The van der Waals surface area contributed by atoms with Crippen LogP contribution in [0.15, 0.2) is 37.2 Å². The average Bonchev–Trinajstić information content (AvgIpc) is 3.27. The highest BCUT2D eigenvalue weighted by Gasteiger charge is 2.42. The van der Waals surface area contributed by atoms with Crippen molar-refractivity contribution >= 4 is 68.4 Å². The number of aryl methyl sites for hydroxylation is 3. The summed E-state index contributed by atoms with van der Waals surface area (Å²) in [7, 11) is 3.29. The monoisotopic (exact) mass is 480 g/mol. The molecule has 0 aliphatic carbocycles. The molecule has 0 N–H and O–H groups in total. The van der Waals surface area contributed by atoms with E-state index in [4.69, 9.17) is 59.9 Å². The number of rotatable bonds is 4. The molecule has 0 atom stereocenters. The van der Waals surface area contributed by atoms with Gasteiger partial charge in [-0.25, -0.2) is 0 Å². The highest BCUT2D eigenvalue weighted by Crippen LogP contribution is 2.22. The van der Waals surface area contributed by atoms with Crippen molar-refractivity contribution in [3.05, 3.63) is 51.5 Å². The maximum absolute atomic E-state index is 5.69. The number of nitrogens with zero attached hydrogens (tertiary/aromatic N) is 6. The third kappa shape index (κ3) is 3.83. The molecule has 0 aliphatic rings. The molecule has 0 aliphatic heterocycles. The lowest BCUT2D eigenvalue weighted by atomic mass is 10.9. The lowest BCUT2D eigenvalue weighted by Gasteiger charge is -2.33. The van der Waals surface area contributed by atoms with Crippen molar-refractivity contribution in [2.75, 3.05) is 5.34 Å². The summed E-state index contributed by atoms with van der Waals surface area (Å²) >= 11 is 26.6. The van der Waals surface area contributed by atoms with Crippen molar-refractivity contribution in [1.82, 2.24) is 26.4 Å². The van der Waals surface area contributed by atoms with Crippen LogP contribution < -0.4 is 0 Å². The Labute approximate surface area is 185 Å². The van der Waals surface area contributed by atoms with Crippen molar-refractivity contribution in [2.45, 2.75) is 13.0 Å². The van der Waals surface area contributed by atoms with Gasteiger partial charge in [0.05, 0.1) is 5.34 Å². The van der Waals surface area contributed by atoms with Crippen molar-refractivity contribution in [3.63, 3.8) is 0 Å². The van der Waals surface area contributed by atoms with Crippen molar-refractivity contribution in [3.8, 4) is 0 Å². The number of halogens is 2. The minimum atomic E-state index is -2.59. The van der Waals surface area contributed by atoms with E-state index < -0.39 is 8.56 Å². The fourth-order valence-electron chi connectivity index (χ4n) is 3.07. The lowest BCUT2D eigenvalue weighted by Crippen LogP contribution is -2.57. The molecule has 0 aromatic carbocycles. The SMILES string of the molecule is CC[Si](n1ccn(C)c1=S)(n1ccn(C)c1=S)n1ccn(C)c1=S.ClCCl. The summed E-state index contributed by atoms with van der Waals surface area (Å²) < 4.78 is 14.7. The van der Waals surface area contributed by atoms with Crippen molar-refractivity contribution in [2.24, 2.45) is 21.1 Å². The largest absolute Gasteiger partial charge is 0.397 e. The Morgan fingerprint density at radius 2 is 0.963 bits per heavy atom. The summed E-state index contributed by atoms with van der Waals surface area (Å²) in [6.45, 7) is 2.17. The Bertz CT molecular complexity index is 954. The minimum absolute atomic E-state index is 0.194. The van der Waals surface area contributed by atoms with E-state index in [1.807, 2.05) is 72.0 Å². The molecule has 0 radical (unpaired) electrons. The third-order valence-corrected chi connectivity index (χ3v) is 10.8. The van der Waals surface area contributed by atoms with E-state index in [0.717, 1.165) is 20.4 Å². The number of hydrogen-bond acceptors (Lipinski definition) is 3. The van der Waals surface area contributed by atoms with Gasteiger partial charge in [-0.05, 0) is 42.7 Å². The maximum Gasteiger partial charge on any atom is 0.397 e. The molecule has 0 amide bonds. The van der Waals surface area contributed by atoms with E-state index in [2.05, 4.69) is 19.6 Å². The highest BCUT2D eigenvalue weighted by molar-refractivity contribution is 7.71. The van der Waals surface area contributed by atoms with Crippen molar-refractivity contribution in [1.29, 1.82) is 0 Å². The molecule has 0 spiro atoms. The van der Waals surface area contributed by atoms with Gasteiger partial charge < -0.3 is 26.4 Å². The normalized spacial score (nSPS) is 11.3. The van der Waals surface area contributed by atoms with E-state index in [-0.39, 0.29) is 5.34 Å². The van der Waals surface area contributed by atoms with Gasteiger partial charge in [-0.3, -0.25) is 0 Å². The van der Waals surface area contributed by atoms with E-state index in [1.54, 1.807) is 0 Å². The first-order valence-corrected chi connectivity index (χ1v) is 12.5. The van der Waals surface area contributed by atoms with Crippen LogP contribution in [0.3, 0.4) is 0 Å². The predicted molar refractivity (Wildman–Crippen MR) is 122 cm³/mol. The van der Waals surface area contributed by atoms with Crippen LogP contribution in [0.25, 0.3) is 0 Å². The van der Waals surface area contributed by atoms with E-state index in [9.17, 15) is 0 Å². The third-order valence-electron chi connectivity index (χ3n) is 4.47. The summed E-state index contributed by atoms with van der Waals surface area (Å²) in [5.41, 5.74) is 0. The van der Waals surface area contributed by atoms with Gasteiger partial charge in [-0.15, -0.1) is 23.2 Å². The molecule has 12 heteroatoms. The molecular formula is C15H22Cl2N6S3Si. The van der Waals surface area contributed by atoms with E-state index in [1.165, 1.54) is 0 Å². The van der Waals surface area contributed by atoms with E-state index in [0.29, 0.717) is 0 Å². The van der Waals surface area contributed by atoms with Crippen LogP contribution >= 0.6 is 59.9 Å².